The number of rotatable bonds is 62. The van der Waals surface area contributed by atoms with Crippen LogP contribution in [0.2, 0.25) is 0 Å². The predicted molar refractivity (Wildman–Crippen MR) is 352 cm³/mol. The Labute approximate surface area is 496 Å². The number of unbranched alkanes of at least 4 members (excludes halogenated alkanes) is 34. The van der Waals surface area contributed by atoms with Gasteiger partial charge in [-0.2, -0.15) is 0 Å². The van der Waals surface area contributed by atoms with Crippen molar-refractivity contribution in [3.05, 3.63) is 122 Å². The molecule has 0 bridgehead atoms. The van der Waals surface area contributed by atoms with Gasteiger partial charge in [-0.25, -0.2) is 0 Å². The molecule has 0 fully saturated rings. The zero-order valence-electron chi connectivity index (χ0n) is 52.6. The lowest BCUT2D eigenvalue weighted by Gasteiger charge is -2.15. The first kappa shape index (κ1) is 76.3. The number of esters is 2. The number of carbonyl (C=O) groups is 2. The molecule has 80 heavy (non-hydrogen) atoms. The number of carbonyl (C=O) groups excluding carboxylic acids is 2. The Morgan fingerprint density at radius 3 is 0.750 bits per heavy atom. The van der Waals surface area contributed by atoms with E-state index in [0.717, 1.165) is 109 Å². The van der Waals surface area contributed by atoms with Crippen molar-refractivity contribution in [1.82, 2.24) is 0 Å². The molecule has 0 spiro atoms. The van der Waals surface area contributed by atoms with E-state index < -0.39 is 6.10 Å². The summed E-state index contributed by atoms with van der Waals surface area (Å²) in [6.07, 6.45) is 102. The highest BCUT2D eigenvalue weighted by atomic mass is 16.6. The van der Waals surface area contributed by atoms with Gasteiger partial charge in [0.25, 0.3) is 0 Å². The van der Waals surface area contributed by atoms with Crippen LogP contribution in [0.4, 0.5) is 0 Å². The zero-order valence-corrected chi connectivity index (χ0v) is 52.6. The third kappa shape index (κ3) is 66.8. The molecule has 0 saturated carbocycles. The normalized spacial score (nSPS) is 13.0. The van der Waals surface area contributed by atoms with Crippen LogP contribution in [0.5, 0.6) is 0 Å². The van der Waals surface area contributed by atoms with E-state index in [0.29, 0.717) is 12.8 Å². The number of hydrogen-bond donors (Lipinski definition) is 1. The molecular formula is C75H128O5. The van der Waals surface area contributed by atoms with Gasteiger partial charge in [-0.05, 0) is 103 Å². The maximum absolute atomic E-state index is 12.3. The van der Waals surface area contributed by atoms with E-state index in [1.807, 2.05) is 0 Å². The summed E-state index contributed by atoms with van der Waals surface area (Å²) in [5.41, 5.74) is 0. The summed E-state index contributed by atoms with van der Waals surface area (Å²) in [5.74, 6) is -0.601. The van der Waals surface area contributed by atoms with Gasteiger partial charge in [0.2, 0.25) is 0 Å². The number of aliphatic hydroxyl groups is 1. The van der Waals surface area contributed by atoms with Crippen molar-refractivity contribution in [2.45, 2.75) is 328 Å². The lowest BCUT2D eigenvalue weighted by atomic mass is 10.0. The Morgan fingerprint density at radius 1 is 0.287 bits per heavy atom. The molecule has 458 valence electrons. The third-order valence-electron chi connectivity index (χ3n) is 14.8. The van der Waals surface area contributed by atoms with Crippen LogP contribution in [-0.2, 0) is 19.1 Å². The van der Waals surface area contributed by atoms with Crippen molar-refractivity contribution in [3.63, 3.8) is 0 Å². The Kier molecular flexibility index (Phi) is 66.4. The van der Waals surface area contributed by atoms with Crippen LogP contribution in [0, 0.1) is 0 Å². The van der Waals surface area contributed by atoms with Gasteiger partial charge >= 0.3 is 11.9 Å². The van der Waals surface area contributed by atoms with E-state index in [1.54, 1.807) is 0 Å². The van der Waals surface area contributed by atoms with E-state index in [2.05, 4.69) is 135 Å². The molecule has 0 aromatic rings. The van der Waals surface area contributed by atoms with Crippen molar-refractivity contribution in [2.75, 3.05) is 13.2 Å². The van der Waals surface area contributed by atoms with Crippen LogP contribution in [0.3, 0.4) is 0 Å². The second-order valence-corrected chi connectivity index (χ2v) is 22.5. The topological polar surface area (TPSA) is 72.8 Å². The first-order valence-electron chi connectivity index (χ1n) is 34.1. The highest BCUT2D eigenvalue weighted by molar-refractivity contribution is 5.70. The Bertz CT molecular complexity index is 1590. The second kappa shape index (κ2) is 69.6. The maximum Gasteiger partial charge on any atom is 0.306 e. The van der Waals surface area contributed by atoms with Crippen LogP contribution < -0.4 is 0 Å². The molecule has 1 N–H and O–H groups in total. The Balaban J connectivity index is 3.44. The van der Waals surface area contributed by atoms with Gasteiger partial charge < -0.3 is 14.6 Å². The van der Waals surface area contributed by atoms with Crippen LogP contribution >= 0.6 is 0 Å². The average Bonchev–Trinajstić information content (AvgIpc) is 3.46. The van der Waals surface area contributed by atoms with Gasteiger partial charge in [-0.1, -0.05) is 328 Å². The van der Waals surface area contributed by atoms with Crippen LogP contribution in [-0.4, -0.2) is 36.4 Å². The molecule has 0 heterocycles. The molecule has 5 nitrogen and oxygen atoms in total. The number of aliphatic hydroxyl groups excluding tert-OH is 1. The average molecular weight is 1110 g/mol. The minimum absolute atomic E-state index is 0.0745. The smallest absolute Gasteiger partial charge is 0.306 e. The van der Waals surface area contributed by atoms with E-state index in [4.69, 9.17) is 9.47 Å². The Hall–Kier alpha value is -3.70. The fourth-order valence-electron chi connectivity index (χ4n) is 9.73. The van der Waals surface area contributed by atoms with Crippen LogP contribution in [0.15, 0.2) is 122 Å². The molecule has 0 aromatic heterocycles. The summed E-state index contributed by atoms with van der Waals surface area (Å²) < 4.78 is 10.7. The van der Waals surface area contributed by atoms with E-state index >= 15 is 0 Å². The minimum atomic E-state index is -0.787. The number of allylic oxidation sites excluding steroid dienone is 20. The number of hydrogen-bond acceptors (Lipinski definition) is 5. The molecule has 1 unspecified atom stereocenters. The van der Waals surface area contributed by atoms with E-state index in [1.165, 1.54) is 186 Å². The van der Waals surface area contributed by atoms with Crippen molar-refractivity contribution >= 4 is 11.9 Å². The van der Waals surface area contributed by atoms with Crippen LogP contribution in [0.25, 0.3) is 0 Å². The Morgan fingerprint density at radius 2 is 0.500 bits per heavy atom. The van der Waals surface area contributed by atoms with Gasteiger partial charge in [0.15, 0.2) is 6.10 Å². The molecule has 0 aliphatic heterocycles. The molecule has 0 aliphatic carbocycles. The number of ether oxygens (including phenoxy) is 2. The molecular weight excluding hydrogens is 981 g/mol. The lowest BCUT2D eigenvalue weighted by Crippen LogP contribution is -2.28. The molecule has 0 saturated heterocycles. The van der Waals surface area contributed by atoms with Gasteiger partial charge in [-0.3, -0.25) is 9.59 Å². The standard InChI is InChI=1S/C75H128O5/c1-3-5-7-9-11-13-15-17-19-21-23-25-27-29-30-31-32-33-34-35-36-37-38-39-40-41-42-43-44-46-47-49-51-53-55-57-59-61-63-65-67-69-74(77)79-72-73(71-76)80-75(78)70-68-66-64-62-60-58-56-54-52-50-48-45-28-26-24-22-20-18-16-14-12-10-8-6-4-2/h5-8,11-14,17-20,23-26,45,48,52,54,73,76H,3-4,9-10,15-16,21-22,27-44,46-47,49-51,53,55-72H2,1-2H3/b7-5-,8-6-,13-11-,14-12-,19-17-,20-18-,25-23-,26-24-,48-45-,54-52-. The predicted octanol–water partition coefficient (Wildman–Crippen LogP) is 23.8. The fourth-order valence-corrected chi connectivity index (χ4v) is 9.73. The van der Waals surface area contributed by atoms with Crippen molar-refractivity contribution in [3.8, 4) is 0 Å². The first-order valence-corrected chi connectivity index (χ1v) is 34.1. The lowest BCUT2D eigenvalue weighted by molar-refractivity contribution is -0.161. The highest BCUT2D eigenvalue weighted by Crippen LogP contribution is 2.18. The van der Waals surface area contributed by atoms with Gasteiger partial charge in [-0.15, -0.1) is 0 Å². The fraction of sp³-hybridized carbons (Fsp3) is 0.707. The van der Waals surface area contributed by atoms with Gasteiger partial charge in [0.05, 0.1) is 6.61 Å². The third-order valence-corrected chi connectivity index (χ3v) is 14.8. The molecule has 5 heteroatoms. The molecule has 0 aliphatic rings. The molecule has 0 radical (unpaired) electrons. The van der Waals surface area contributed by atoms with Crippen molar-refractivity contribution in [1.29, 1.82) is 0 Å². The minimum Gasteiger partial charge on any atom is -0.462 e. The molecule has 1 atom stereocenters. The second-order valence-electron chi connectivity index (χ2n) is 22.5. The summed E-state index contributed by atoms with van der Waals surface area (Å²) in [4.78, 5) is 24.6. The van der Waals surface area contributed by atoms with Crippen molar-refractivity contribution in [2.24, 2.45) is 0 Å². The monoisotopic (exact) mass is 1110 g/mol. The maximum atomic E-state index is 12.3. The quantitative estimate of drug-likeness (QED) is 0.0373. The summed E-state index contributed by atoms with van der Waals surface area (Å²) in [5, 5.41) is 9.69. The SMILES string of the molecule is CC/C=C\C/C=C\C/C=C\C/C=C\C/C=C\C/C=C\CCCCCCCCC(=O)OC(CO)COC(=O)CCCCCCCCCCCCCCCCCCCCCCCCCCCCCC/C=C\C/C=C\C/C=C\C/C=C\CC. The zero-order chi connectivity index (χ0) is 57.6. The van der Waals surface area contributed by atoms with Gasteiger partial charge in [0.1, 0.15) is 6.61 Å². The molecule has 0 aromatic carbocycles. The first-order chi connectivity index (χ1) is 39.6. The summed E-state index contributed by atoms with van der Waals surface area (Å²) in [6, 6.07) is 0. The molecule has 0 amide bonds. The highest BCUT2D eigenvalue weighted by Gasteiger charge is 2.16. The summed E-state index contributed by atoms with van der Waals surface area (Å²) in [7, 11) is 0. The summed E-state index contributed by atoms with van der Waals surface area (Å²) in [6.45, 7) is 3.92. The van der Waals surface area contributed by atoms with Crippen LogP contribution in [0.1, 0.15) is 322 Å². The summed E-state index contributed by atoms with van der Waals surface area (Å²) >= 11 is 0. The van der Waals surface area contributed by atoms with Gasteiger partial charge in [0, 0.05) is 12.8 Å². The van der Waals surface area contributed by atoms with Crippen molar-refractivity contribution < 1.29 is 24.2 Å². The van der Waals surface area contributed by atoms with E-state index in [-0.39, 0.29) is 25.2 Å². The molecule has 0 rings (SSSR count). The van der Waals surface area contributed by atoms with E-state index in [9.17, 15) is 14.7 Å². The largest absolute Gasteiger partial charge is 0.462 e.